The zero-order chi connectivity index (χ0) is 37.7. The number of benzene rings is 1. The van der Waals surface area contributed by atoms with Crippen LogP contribution in [0, 0.1) is 29.6 Å². The number of hydrogen-bond donors (Lipinski definition) is 0. The van der Waals surface area contributed by atoms with Crippen LogP contribution in [0.4, 0.5) is 13.2 Å². The number of rotatable bonds is 13. The molecule has 51 heavy (non-hydrogen) atoms. The van der Waals surface area contributed by atoms with Crippen LogP contribution in [0.3, 0.4) is 0 Å². The first-order valence-corrected chi connectivity index (χ1v) is 21.9. The third-order valence-corrected chi connectivity index (χ3v) is 18.0. The van der Waals surface area contributed by atoms with Gasteiger partial charge in [-0.15, -0.1) is 0 Å². The lowest BCUT2D eigenvalue weighted by atomic mass is 9.74. The highest BCUT2D eigenvalue weighted by atomic mass is 35.5. The monoisotopic (exact) mass is 771 g/mol. The van der Waals surface area contributed by atoms with Crippen LogP contribution in [0.5, 0.6) is 0 Å². The van der Waals surface area contributed by atoms with Gasteiger partial charge in [-0.3, -0.25) is 14.3 Å². The molecule has 4 atom stereocenters. The smallest absolute Gasteiger partial charge is 0.433 e. The lowest BCUT2D eigenvalue weighted by Crippen LogP contribution is -2.46. The summed E-state index contributed by atoms with van der Waals surface area (Å²) in [5.74, 6) is -0.273. The minimum absolute atomic E-state index is 0.0183. The van der Waals surface area contributed by atoms with Crippen LogP contribution in [0.25, 0.3) is 0 Å². The second kappa shape index (κ2) is 15.0. The Hall–Kier alpha value is -2.08. The van der Waals surface area contributed by atoms with Crippen LogP contribution in [0.1, 0.15) is 126 Å². The van der Waals surface area contributed by atoms with Crippen LogP contribution in [-0.2, 0) is 20.1 Å². The molecule has 13 heteroatoms. The number of halogens is 5. The summed E-state index contributed by atoms with van der Waals surface area (Å²) in [5, 5.41) is 5.08. The average Bonchev–Trinajstić information content (AvgIpc) is 3.48. The van der Waals surface area contributed by atoms with E-state index in [1.54, 1.807) is 18.7 Å². The van der Waals surface area contributed by atoms with E-state index in [-0.39, 0.29) is 30.6 Å². The number of carbonyl (C=O) groups is 2. The van der Waals surface area contributed by atoms with Gasteiger partial charge in [0.05, 0.1) is 42.5 Å². The van der Waals surface area contributed by atoms with Crippen molar-refractivity contribution in [2.45, 2.75) is 136 Å². The molecule has 1 heterocycles. The zero-order valence-electron chi connectivity index (χ0n) is 31.3. The Morgan fingerprint density at radius 2 is 1.57 bits per heavy atom. The largest absolute Gasteiger partial charge is 0.466 e. The van der Waals surface area contributed by atoms with Gasteiger partial charge in [-0.05, 0) is 112 Å². The van der Waals surface area contributed by atoms with E-state index < -0.39 is 49.2 Å². The molecule has 1 aromatic carbocycles. The molecule has 0 aliphatic heterocycles. The summed E-state index contributed by atoms with van der Waals surface area (Å²) in [5.41, 5.74) is -0.709. The molecule has 5 rings (SSSR count). The fourth-order valence-corrected chi connectivity index (χ4v) is 12.7. The van der Waals surface area contributed by atoms with Gasteiger partial charge in [0.15, 0.2) is 14.0 Å². The summed E-state index contributed by atoms with van der Waals surface area (Å²) in [6.45, 7) is 16.4. The molecule has 0 N–H and O–H groups in total. The van der Waals surface area contributed by atoms with Crippen LogP contribution in [-0.4, -0.2) is 54.1 Å². The van der Waals surface area contributed by atoms with Gasteiger partial charge in [0.2, 0.25) is 0 Å². The third-order valence-electron chi connectivity index (χ3n) is 12.7. The maximum Gasteiger partial charge on any atom is 0.433 e. The van der Waals surface area contributed by atoms with Crippen LogP contribution >= 0.6 is 23.2 Å². The molecule has 0 saturated heterocycles. The molecule has 3 aliphatic carbocycles. The van der Waals surface area contributed by atoms with Crippen molar-refractivity contribution in [2.75, 3.05) is 13.2 Å². The highest BCUT2D eigenvalue weighted by molar-refractivity contribution is 6.73. The van der Waals surface area contributed by atoms with Crippen molar-refractivity contribution in [1.29, 1.82) is 0 Å². The highest BCUT2D eigenvalue weighted by Crippen LogP contribution is 2.67. The lowest BCUT2D eigenvalue weighted by Gasteiger charge is -2.39. The average molecular weight is 773 g/mol. The standard InChI is InChI=1S/C38H54Cl2F3N3O4Si/c1-9-49-35(48)37(8)15-13-24(14-16-37)46-33(38(41,42)43)26(21-44-46)34(47)45(25-19-27-28(20-25)36(27,6)7)22-31(50-51(10-2,11-3)12-4)32-29(39)17-23(5)18-30(32)40/h17-18,21,24-25,27-28,31H,9-16,19-20,22H2,1-8H3/t24?,25-,27+,28-,31?,37?. The van der Waals surface area contributed by atoms with Crippen molar-refractivity contribution < 1.29 is 31.9 Å². The predicted molar refractivity (Wildman–Crippen MR) is 197 cm³/mol. The van der Waals surface area contributed by atoms with E-state index in [1.165, 1.54) is 0 Å². The minimum Gasteiger partial charge on any atom is -0.466 e. The molecule has 0 bridgehead atoms. The molecular formula is C38H54Cl2F3N3O4Si. The molecule has 1 unspecified atom stereocenters. The first kappa shape index (κ1) is 40.1. The number of aromatic nitrogens is 2. The SMILES string of the molecule is CCOC(=O)C1(C)CCC(n2ncc(C(=O)N(CC(O[Si](CC)(CC)CC)c3c(Cl)cc(C)cc3Cl)[C@H]3C[C@@H]4[C@H](C3)C4(C)C)c2C(F)(F)F)CC1. The number of carbonyl (C=O) groups excluding carboxylic acids is 2. The van der Waals surface area contributed by atoms with Gasteiger partial charge >= 0.3 is 12.1 Å². The van der Waals surface area contributed by atoms with Gasteiger partial charge in [0.25, 0.3) is 5.91 Å². The fourth-order valence-electron chi connectivity index (χ4n) is 9.04. The van der Waals surface area contributed by atoms with Gasteiger partial charge in [-0.2, -0.15) is 18.3 Å². The molecule has 7 nitrogen and oxygen atoms in total. The number of alkyl halides is 3. The second-order valence-electron chi connectivity index (χ2n) is 16.0. The van der Waals surface area contributed by atoms with Gasteiger partial charge in [0, 0.05) is 21.7 Å². The molecule has 3 aliphatic rings. The topological polar surface area (TPSA) is 73.7 Å². The molecular weight excluding hydrogens is 718 g/mol. The molecule has 1 aromatic heterocycles. The summed E-state index contributed by atoms with van der Waals surface area (Å²) in [7, 11) is -2.34. The molecule has 0 spiro atoms. The maximum absolute atomic E-state index is 15.1. The Morgan fingerprint density at radius 1 is 1.02 bits per heavy atom. The Balaban J connectivity index is 1.55. The van der Waals surface area contributed by atoms with Crippen LogP contribution in [0.15, 0.2) is 18.3 Å². The summed E-state index contributed by atoms with van der Waals surface area (Å²) in [4.78, 5) is 29.1. The van der Waals surface area contributed by atoms with E-state index in [1.807, 2.05) is 19.1 Å². The van der Waals surface area contributed by atoms with Crippen LogP contribution < -0.4 is 0 Å². The van der Waals surface area contributed by atoms with Crippen LogP contribution in [0.2, 0.25) is 28.2 Å². The summed E-state index contributed by atoms with van der Waals surface area (Å²) in [6, 6.07) is 5.22. The quantitative estimate of drug-likeness (QED) is 0.150. The van der Waals surface area contributed by atoms with E-state index in [2.05, 4.69) is 39.7 Å². The van der Waals surface area contributed by atoms with Gasteiger partial charge < -0.3 is 14.1 Å². The Labute approximate surface area is 312 Å². The van der Waals surface area contributed by atoms with Gasteiger partial charge in [-0.25, -0.2) is 0 Å². The third kappa shape index (κ3) is 7.78. The summed E-state index contributed by atoms with van der Waals surface area (Å²) in [6.07, 6.45) is -1.76. The number of aryl methyl sites for hydroxylation is 1. The van der Waals surface area contributed by atoms with Crippen molar-refractivity contribution in [3.63, 3.8) is 0 Å². The normalized spacial score (nSPS) is 26.5. The van der Waals surface area contributed by atoms with Crippen molar-refractivity contribution in [3.8, 4) is 0 Å². The van der Waals surface area contributed by atoms with E-state index in [4.69, 9.17) is 32.4 Å². The first-order chi connectivity index (χ1) is 23.9. The molecule has 284 valence electrons. The highest BCUT2D eigenvalue weighted by Gasteiger charge is 2.63. The predicted octanol–water partition coefficient (Wildman–Crippen LogP) is 10.8. The van der Waals surface area contributed by atoms with Gasteiger partial charge in [-0.1, -0.05) is 57.8 Å². The summed E-state index contributed by atoms with van der Waals surface area (Å²) >= 11 is 13.8. The number of nitrogens with zero attached hydrogens (tertiary/aromatic N) is 3. The van der Waals surface area contributed by atoms with E-state index in [9.17, 15) is 9.59 Å². The van der Waals surface area contributed by atoms with Crippen molar-refractivity contribution in [1.82, 2.24) is 14.7 Å². The second-order valence-corrected chi connectivity index (χ2v) is 21.5. The van der Waals surface area contributed by atoms with E-state index in [0.29, 0.717) is 66.0 Å². The van der Waals surface area contributed by atoms with E-state index >= 15 is 13.2 Å². The number of ether oxygens (including phenoxy) is 1. The van der Waals surface area contributed by atoms with Gasteiger partial charge in [0.1, 0.15) is 0 Å². The Morgan fingerprint density at radius 3 is 2.06 bits per heavy atom. The van der Waals surface area contributed by atoms with Crippen molar-refractivity contribution in [2.24, 2.45) is 22.7 Å². The molecule has 0 radical (unpaired) electrons. The lowest BCUT2D eigenvalue weighted by molar-refractivity contribution is -0.157. The fraction of sp³-hybridized carbons (Fsp3) is 0.711. The van der Waals surface area contributed by atoms with Crippen molar-refractivity contribution >= 4 is 43.4 Å². The number of esters is 1. The minimum atomic E-state index is -4.84. The molecule has 1 amide bonds. The molecule has 2 aromatic rings. The summed E-state index contributed by atoms with van der Waals surface area (Å²) < 4.78 is 58.7. The number of fused-ring (bicyclic) bond motifs is 1. The molecule has 3 fully saturated rings. The number of hydrogen-bond acceptors (Lipinski definition) is 5. The Bertz CT molecular complexity index is 1560. The van der Waals surface area contributed by atoms with E-state index in [0.717, 1.165) is 34.6 Å². The first-order valence-electron chi connectivity index (χ1n) is 18.6. The maximum atomic E-state index is 15.1. The zero-order valence-corrected chi connectivity index (χ0v) is 33.8. The number of amides is 1. The Kier molecular flexibility index (Phi) is 11.8. The molecule has 3 saturated carbocycles. The van der Waals surface area contributed by atoms with Crippen molar-refractivity contribution in [3.05, 3.63) is 50.8 Å².